The van der Waals surface area contributed by atoms with Crippen molar-refractivity contribution in [2.24, 2.45) is 16.6 Å². The van der Waals surface area contributed by atoms with Gasteiger partial charge < -0.3 is 15.2 Å². The molecule has 2 N–H and O–H groups in total. The summed E-state index contributed by atoms with van der Waals surface area (Å²) >= 11 is 0.813. The Balaban J connectivity index is 1.49. The lowest BCUT2D eigenvalue weighted by atomic mass is 9.84. The number of benzene rings is 1. The lowest BCUT2D eigenvalue weighted by molar-refractivity contribution is 0.0889. The average molecular weight is 536 g/mol. The van der Waals surface area contributed by atoms with Gasteiger partial charge in [-0.2, -0.15) is 0 Å². The van der Waals surface area contributed by atoms with Gasteiger partial charge in [-0.3, -0.25) is 9.98 Å². The van der Waals surface area contributed by atoms with E-state index in [1.54, 1.807) is 19.4 Å². The van der Waals surface area contributed by atoms with Crippen molar-refractivity contribution in [1.29, 1.82) is 0 Å². The molecule has 2 aromatic heterocycles. The number of alkyl halides is 2. The molecule has 0 unspecified atom stereocenters. The van der Waals surface area contributed by atoms with Gasteiger partial charge >= 0.3 is 0 Å². The molecule has 4 atom stereocenters. The van der Waals surface area contributed by atoms with Crippen molar-refractivity contribution in [3.05, 3.63) is 59.0 Å². The molecule has 2 aliphatic rings. The smallest absolute Gasteiger partial charge is 0.253 e. The minimum Gasteiger partial charge on any atom is -0.471 e. The fourth-order valence-electron chi connectivity index (χ4n) is 5.06. The van der Waals surface area contributed by atoms with Crippen molar-refractivity contribution < 1.29 is 27.0 Å². The van der Waals surface area contributed by atoms with E-state index in [2.05, 4.69) is 19.9 Å². The number of amidine groups is 1. The predicted octanol–water partition coefficient (Wildman–Crippen LogP) is 4.61. The Morgan fingerprint density at radius 2 is 2.03 bits per heavy atom. The molecule has 1 aliphatic heterocycles. The standard InChI is InChI=1S/C25H25F4N5O2S/c1-12(11-35-3)36-19-10-32-21-16(33-19)4-5-31-17(21)8-13-6-14(20(27)15(26)7-13)24(2)18-9-25(18,22(28)29)37-23(30)34-24/h4-7,10,12,18,22H,8-9,11H2,1-3H3,(H2,30,34)/t12-,18-,24+,25-/m0/s1. The van der Waals surface area contributed by atoms with Crippen LogP contribution in [0.3, 0.4) is 0 Å². The largest absolute Gasteiger partial charge is 0.471 e. The van der Waals surface area contributed by atoms with Crippen LogP contribution in [0.2, 0.25) is 0 Å². The van der Waals surface area contributed by atoms with Crippen LogP contribution in [0.15, 0.2) is 35.6 Å². The maximum Gasteiger partial charge on any atom is 0.253 e. The van der Waals surface area contributed by atoms with Crippen molar-refractivity contribution in [3.63, 3.8) is 0 Å². The number of nitrogens with zero attached hydrogens (tertiary/aromatic N) is 4. The fraction of sp³-hybridized carbons (Fsp3) is 0.440. The highest BCUT2D eigenvalue weighted by Crippen LogP contribution is 2.68. The first kappa shape index (κ1) is 25.7. The molecule has 0 amide bonds. The van der Waals surface area contributed by atoms with Gasteiger partial charge in [0.25, 0.3) is 6.43 Å². The number of thioether (sulfide) groups is 1. The second-order valence-electron chi connectivity index (χ2n) is 9.55. The number of hydrogen-bond acceptors (Lipinski definition) is 8. The van der Waals surface area contributed by atoms with E-state index in [0.717, 1.165) is 17.8 Å². The minimum atomic E-state index is -2.67. The zero-order valence-corrected chi connectivity index (χ0v) is 21.2. The first-order chi connectivity index (χ1) is 17.6. The van der Waals surface area contributed by atoms with Gasteiger partial charge in [-0.05, 0) is 44.0 Å². The summed E-state index contributed by atoms with van der Waals surface area (Å²) in [6.07, 6.45) is 0.315. The summed E-state index contributed by atoms with van der Waals surface area (Å²) < 4.78 is 67.0. The molecule has 0 saturated heterocycles. The third kappa shape index (κ3) is 4.50. The minimum absolute atomic E-state index is 0.0643. The number of pyridine rings is 1. The molecule has 196 valence electrons. The summed E-state index contributed by atoms with van der Waals surface area (Å²) in [5.74, 6) is -2.59. The number of aliphatic imine (C=N–C) groups is 1. The van der Waals surface area contributed by atoms with Gasteiger partial charge in [0.1, 0.15) is 11.6 Å². The van der Waals surface area contributed by atoms with Crippen LogP contribution in [0.25, 0.3) is 11.0 Å². The number of aromatic nitrogens is 3. The van der Waals surface area contributed by atoms with Gasteiger partial charge in [-0.1, -0.05) is 11.8 Å². The van der Waals surface area contributed by atoms with E-state index in [-0.39, 0.29) is 29.7 Å². The number of rotatable bonds is 8. The fourth-order valence-corrected chi connectivity index (χ4v) is 6.39. The monoisotopic (exact) mass is 535 g/mol. The number of hydrogen-bond donors (Lipinski definition) is 1. The van der Waals surface area contributed by atoms with Gasteiger partial charge in [0.2, 0.25) is 5.88 Å². The highest BCUT2D eigenvalue weighted by molar-refractivity contribution is 8.15. The van der Waals surface area contributed by atoms with E-state index in [4.69, 9.17) is 15.2 Å². The van der Waals surface area contributed by atoms with Crippen molar-refractivity contribution >= 4 is 28.0 Å². The summed E-state index contributed by atoms with van der Waals surface area (Å²) in [5.41, 5.74) is 6.22. The van der Waals surface area contributed by atoms with E-state index in [1.807, 2.05) is 6.92 Å². The Labute approximate surface area is 214 Å². The summed E-state index contributed by atoms with van der Waals surface area (Å²) in [4.78, 5) is 17.6. The Morgan fingerprint density at radius 1 is 1.24 bits per heavy atom. The molecule has 1 fully saturated rings. The second kappa shape index (κ2) is 9.39. The van der Waals surface area contributed by atoms with Crippen LogP contribution in [0.5, 0.6) is 5.88 Å². The topological polar surface area (TPSA) is 95.5 Å². The van der Waals surface area contributed by atoms with E-state index >= 15 is 4.39 Å². The maximum absolute atomic E-state index is 15.1. The van der Waals surface area contributed by atoms with E-state index in [9.17, 15) is 13.2 Å². The predicted molar refractivity (Wildman–Crippen MR) is 132 cm³/mol. The highest BCUT2D eigenvalue weighted by Gasteiger charge is 2.71. The average Bonchev–Trinajstić information content (AvgIpc) is 3.58. The number of halogens is 4. The highest BCUT2D eigenvalue weighted by atomic mass is 32.2. The van der Waals surface area contributed by atoms with Crippen LogP contribution in [-0.4, -0.2) is 51.1 Å². The van der Waals surface area contributed by atoms with Crippen LogP contribution in [0, 0.1) is 17.6 Å². The van der Waals surface area contributed by atoms with E-state index < -0.39 is 34.3 Å². The molecular formula is C25H25F4N5O2S. The van der Waals surface area contributed by atoms with Gasteiger partial charge in [-0.25, -0.2) is 27.5 Å². The van der Waals surface area contributed by atoms with Gasteiger partial charge in [0, 0.05) is 31.2 Å². The van der Waals surface area contributed by atoms with Crippen LogP contribution < -0.4 is 10.5 Å². The third-order valence-electron chi connectivity index (χ3n) is 6.88. The molecule has 1 aromatic carbocycles. The first-order valence-electron chi connectivity index (χ1n) is 11.6. The summed E-state index contributed by atoms with van der Waals surface area (Å²) in [5, 5.41) is -0.0643. The SMILES string of the molecule is COC[C@H](C)Oc1cnc2c(Cc3cc(F)c(F)c([C@@]4(C)N=C(N)S[C@@]5(C(F)F)C[C@@H]45)c3)nccc2n1. The van der Waals surface area contributed by atoms with Crippen molar-refractivity contribution in [2.75, 3.05) is 13.7 Å². The normalized spacial score (nSPS) is 25.6. The lowest BCUT2D eigenvalue weighted by Gasteiger charge is -2.34. The molecule has 37 heavy (non-hydrogen) atoms. The molecule has 0 radical (unpaired) electrons. The quantitative estimate of drug-likeness (QED) is 0.421. The summed E-state index contributed by atoms with van der Waals surface area (Å²) in [6, 6.07) is 4.20. The summed E-state index contributed by atoms with van der Waals surface area (Å²) in [6.45, 7) is 3.75. The molecule has 3 heterocycles. The second-order valence-corrected chi connectivity index (χ2v) is 10.9. The van der Waals surface area contributed by atoms with Gasteiger partial charge in [0.05, 0.1) is 34.3 Å². The van der Waals surface area contributed by atoms with Gasteiger partial charge in [-0.15, -0.1) is 0 Å². The molecule has 0 spiro atoms. The van der Waals surface area contributed by atoms with Crippen molar-refractivity contribution in [2.45, 2.75) is 49.5 Å². The third-order valence-corrected chi connectivity index (χ3v) is 8.19. The summed E-state index contributed by atoms with van der Waals surface area (Å²) in [7, 11) is 1.57. The zero-order chi connectivity index (χ0) is 26.5. The Morgan fingerprint density at radius 3 is 2.76 bits per heavy atom. The maximum atomic E-state index is 15.1. The number of methoxy groups -OCH3 is 1. The van der Waals surface area contributed by atoms with Gasteiger partial charge in [0.15, 0.2) is 16.8 Å². The Hall–Kier alpha value is -2.99. The van der Waals surface area contributed by atoms with Crippen LogP contribution >= 0.6 is 11.8 Å². The van der Waals surface area contributed by atoms with Crippen LogP contribution in [-0.2, 0) is 16.7 Å². The van der Waals surface area contributed by atoms with E-state index in [0.29, 0.717) is 34.8 Å². The molecule has 3 aromatic rings. The zero-order valence-electron chi connectivity index (χ0n) is 20.3. The number of fused-ring (bicyclic) bond motifs is 2. The molecule has 1 aliphatic carbocycles. The lowest BCUT2D eigenvalue weighted by Crippen LogP contribution is -2.39. The Bertz CT molecular complexity index is 1390. The molecule has 7 nitrogen and oxygen atoms in total. The van der Waals surface area contributed by atoms with Crippen LogP contribution in [0.1, 0.15) is 37.1 Å². The molecule has 1 saturated carbocycles. The van der Waals surface area contributed by atoms with E-state index in [1.165, 1.54) is 19.2 Å². The van der Waals surface area contributed by atoms with Crippen molar-refractivity contribution in [3.8, 4) is 5.88 Å². The number of ether oxygens (including phenoxy) is 2. The van der Waals surface area contributed by atoms with Crippen LogP contribution in [0.4, 0.5) is 17.6 Å². The first-order valence-corrected chi connectivity index (χ1v) is 12.5. The molecule has 5 rings (SSSR count). The number of nitrogens with two attached hydrogens (primary N) is 1. The van der Waals surface area contributed by atoms with Crippen molar-refractivity contribution in [1.82, 2.24) is 15.0 Å². The molecule has 0 bridgehead atoms. The molecule has 12 heteroatoms. The Kier molecular flexibility index (Phi) is 6.51. The molecular weight excluding hydrogens is 510 g/mol.